The maximum Gasteiger partial charge on any atom is 0.125 e. The van der Waals surface area contributed by atoms with Gasteiger partial charge in [0.05, 0.1) is 6.10 Å². The number of aliphatic hydroxyl groups is 1. The molecule has 0 saturated heterocycles. The molecule has 0 aromatic heterocycles. The van der Waals surface area contributed by atoms with Gasteiger partial charge in [0.2, 0.25) is 0 Å². The lowest BCUT2D eigenvalue weighted by atomic mass is 10.0. The normalized spacial score (nSPS) is 14.4. The maximum atomic E-state index is 13.3. The highest BCUT2D eigenvalue weighted by Crippen LogP contribution is 2.26. The summed E-state index contributed by atoms with van der Waals surface area (Å²) in [6.45, 7) is 6.82. The van der Waals surface area contributed by atoms with Crippen LogP contribution < -0.4 is 10.2 Å². The zero-order valence-corrected chi connectivity index (χ0v) is 13.2. The van der Waals surface area contributed by atoms with Crippen LogP contribution in [0.3, 0.4) is 0 Å². The van der Waals surface area contributed by atoms with Crippen LogP contribution in [0.15, 0.2) is 18.2 Å². The van der Waals surface area contributed by atoms with E-state index in [2.05, 4.69) is 12.2 Å². The molecule has 20 heavy (non-hydrogen) atoms. The van der Waals surface area contributed by atoms with Crippen molar-refractivity contribution in [1.29, 1.82) is 0 Å². The van der Waals surface area contributed by atoms with Gasteiger partial charge in [-0.15, -0.1) is 0 Å². The summed E-state index contributed by atoms with van der Waals surface area (Å²) in [5.74, 6) is 0.0511. The number of halogens is 1. The Balaban J connectivity index is 2.66. The van der Waals surface area contributed by atoms with Crippen molar-refractivity contribution >= 4 is 5.69 Å². The summed E-state index contributed by atoms with van der Waals surface area (Å²) in [6, 6.07) is 4.98. The molecule has 2 unspecified atom stereocenters. The molecule has 0 radical (unpaired) electrons. The Morgan fingerprint density at radius 1 is 1.25 bits per heavy atom. The molecule has 0 amide bonds. The first kappa shape index (κ1) is 16.9. The highest BCUT2D eigenvalue weighted by molar-refractivity contribution is 5.54. The minimum atomic E-state index is -0.281. The highest BCUT2D eigenvalue weighted by Gasteiger charge is 2.14. The lowest BCUT2D eigenvalue weighted by Crippen LogP contribution is -2.27. The van der Waals surface area contributed by atoms with Crippen molar-refractivity contribution in [2.75, 3.05) is 25.5 Å². The summed E-state index contributed by atoms with van der Waals surface area (Å²) in [4.78, 5) is 1.92. The molecule has 0 aliphatic rings. The first-order valence-electron chi connectivity index (χ1n) is 7.21. The summed E-state index contributed by atoms with van der Waals surface area (Å²) < 4.78 is 13.3. The van der Waals surface area contributed by atoms with Crippen LogP contribution in [0, 0.1) is 11.7 Å². The minimum absolute atomic E-state index is 0.118. The van der Waals surface area contributed by atoms with Gasteiger partial charge in [-0.25, -0.2) is 4.39 Å². The zero-order chi connectivity index (χ0) is 15.3. The molecule has 0 fully saturated rings. The van der Waals surface area contributed by atoms with Crippen molar-refractivity contribution in [3.8, 4) is 0 Å². The lowest BCUT2D eigenvalue weighted by molar-refractivity contribution is 0.115. The van der Waals surface area contributed by atoms with Crippen LogP contribution >= 0.6 is 0 Å². The Labute approximate surface area is 121 Å². The van der Waals surface area contributed by atoms with Crippen LogP contribution in [0.1, 0.15) is 38.8 Å². The average molecular weight is 282 g/mol. The molecule has 3 nitrogen and oxygen atoms in total. The van der Waals surface area contributed by atoms with Gasteiger partial charge >= 0.3 is 0 Å². The maximum absolute atomic E-state index is 13.3. The predicted octanol–water partition coefficient (Wildman–Crippen LogP) is 2.95. The van der Waals surface area contributed by atoms with Crippen LogP contribution in [0.25, 0.3) is 0 Å². The summed E-state index contributed by atoms with van der Waals surface area (Å²) in [7, 11) is 3.82. The van der Waals surface area contributed by atoms with Crippen molar-refractivity contribution in [1.82, 2.24) is 5.32 Å². The van der Waals surface area contributed by atoms with Crippen LogP contribution in [0.5, 0.6) is 0 Å². The molecule has 0 aliphatic carbocycles. The quantitative estimate of drug-likeness (QED) is 0.807. The Hall–Kier alpha value is -1.13. The Kier molecular flexibility index (Phi) is 6.43. The molecule has 4 heteroatoms. The number of anilines is 1. The summed E-state index contributed by atoms with van der Waals surface area (Å²) >= 11 is 0. The fourth-order valence-electron chi connectivity index (χ4n) is 2.16. The fraction of sp³-hybridized carbons (Fsp3) is 0.625. The summed E-state index contributed by atoms with van der Waals surface area (Å²) in [5, 5.41) is 13.2. The van der Waals surface area contributed by atoms with Crippen LogP contribution in [0.4, 0.5) is 10.1 Å². The Morgan fingerprint density at radius 3 is 2.45 bits per heavy atom. The minimum Gasteiger partial charge on any atom is -0.393 e. The predicted molar refractivity (Wildman–Crippen MR) is 82.6 cm³/mol. The van der Waals surface area contributed by atoms with Gasteiger partial charge in [-0.05, 0) is 43.5 Å². The second-order valence-electron chi connectivity index (χ2n) is 5.87. The number of nitrogens with one attached hydrogen (secondary N) is 1. The molecule has 0 heterocycles. The summed E-state index contributed by atoms with van der Waals surface area (Å²) in [6.07, 6.45) is 0.441. The molecule has 1 aromatic carbocycles. The van der Waals surface area contributed by atoms with Gasteiger partial charge in [0.25, 0.3) is 0 Å². The Bertz CT molecular complexity index is 421. The van der Waals surface area contributed by atoms with E-state index in [4.69, 9.17) is 0 Å². The van der Waals surface area contributed by atoms with Crippen molar-refractivity contribution in [3.05, 3.63) is 29.6 Å². The molecule has 0 bridgehead atoms. The molecule has 2 atom stereocenters. The number of aliphatic hydroxyl groups excluding tert-OH is 1. The molecule has 0 spiro atoms. The smallest absolute Gasteiger partial charge is 0.125 e. The highest BCUT2D eigenvalue weighted by atomic mass is 19.1. The standard InChI is InChI=1S/C16H27FN2O/c1-11(2)16(20)8-9-18-12(3)14-7-6-13(17)10-15(14)19(4)5/h6-7,10-12,16,18,20H,8-9H2,1-5H3. The van der Waals surface area contributed by atoms with E-state index < -0.39 is 0 Å². The number of rotatable bonds is 7. The van der Waals surface area contributed by atoms with Crippen LogP contribution in [-0.4, -0.2) is 31.9 Å². The number of benzene rings is 1. The molecule has 1 rings (SSSR count). The average Bonchev–Trinajstić information content (AvgIpc) is 2.37. The van der Waals surface area contributed by atoms with E-state index in [1.54, 1.807) is 6.07 Å². The van der Waals surface area contributed by atoms with Gasteiger partial charge in [0, 0.05) is 25.8 Å². The topological polar surface area (TPSA) is 35.5 Å². The van der Waals surface area contributed by atoms with Crippen molar-refractivity contribution < 1.29 is 9.50 Å². The lowest BCUT2D eigenvalue weighted by Gasteiger charge is -2.23. The van der Waals surface area contributed by atoms with Crippen molar-refractivity contribution in [3.63, 3.8) is 0 Å². The van der Waals surface area contributed by atoms with Gasteiger partial charge in [0.15, 0.2) is 0 Å². The first-order valence-corrected chi connectivity index (χ1v) is 7.21. The zero-order valence-electron chi connectivity index (χ0n) is 13.2. The van der Waals surface area contributed by atoms with E-state index in [1.165, 1.54) is 6.07 Å². The molecule has 1 aromatic rings. The fourth-order valence-corrected chi connectivity index (χ4v) is 2.16. The van der Waals surface area contributed by atoms with Crippen LogP contribution in [-0.2, 0) is 0 Å². The molecule has 114 valence electrons. The van der Waals surface area contributed by atoms with Gasteiger partial charge < -0.3 is 15.3 Å². The monoisotopic (exact) mass is 282 g/mol. The molecule has 0 aliphatic heterocycles. The Morgan fingerprint density at radius 2 is 1.90 bits per heavy atom. The van der Waals surface area contributed by atoms with Crippen molar-refractivity contribution in [2.24, 2.45) is 5.92 Å². The van der Waals surface area contributed by atoms with Crippen molar-refractivity contribution in [2.45, 2.75) is 39.3 Å². The SMILES string of the molecule is CC(NCCC(O)C(C)C)c1ccc(F)cc1N(C)C. The van der Waals surface area contributed by atoms with E-state index in [9.17, 15) is 9.50 Å². The summed E-state index contributed by atoms with van der Waals surface area (Å²) in [5.41, 5.74) is 1.95. The van der Waals surface area contributed by atoms with E-state index in [0.717, 1.165) is 24.2 Å². The first-order chi connectivity index (χ1) is 9.32. The molecular formula is C16H27FN2O. The van der Waals surface area contributed by atoms with Gasteiger partial charge in [-0.2, -0.15) is 0 Å². The molecule has 2 N–H and O–H groups in total. The van der Waals surface area contributed by atoms with E-state index in [1.807, 2.05) is 38.9 Å². The molecular weight excluding hydrogens is 255 g/mol. The van der Waals surface area contributed by atoms with Gasteiger partial charge in [0.1, 0.15) is 5.82 Å². The number of hydrogen-bond acceptors (Lipinski definition) is 3. The third kappa shape index (κ3) is 4.76. The number of nitrogens with zero attached hydrogens (tertiary/aromatic N) is 1. The van der Waals surface area contributed by atoms with Gasteiger partial charge in [-0.1, -0.05) is 19.9 Å². The molecule has 0 saturated carbocycles. The third-order valence-corrected chi connectivity index (χ3v) is 3.60. The second-order valence-corrected chi connectivity index (χ2v) is 5.87. The largest absolute Gasteiger partial charge is 0.393 e. The van der Waals surface area contributed by atoms with Crippen LogP contribution in [0.2, 0.25) is 0 Å². The number of hydrogen-bond donors (Lipinski definition) is 2. The second kappa shape index (κ2) is 7.60. The van der Waals surface area contributed by atoms with Gasteiger partial charge in [-0.3, -0.25) is 0 Å². The van der Waals surface area contributed by atoms with E-state index in [0.29, 0.717) is 0 Å². The van der Waals surface area contributed by atoms with E-state index >= 15 is 0 Å². The third-order valence-electron chi connectivity index (χ3n) is 3.60. The van der Waals surface area contributed by atoms with E-state index in [-0.39, 0.29) is 23.9 Å².